The second-order valence-electron chi connectivity index (χ2n) is 9.19. The predicted octanol–water partition coefficient (Wildman–Crippen LogP) is 3.90. The number of aromatic nitrogens is 1. The van der Waals surface area contributed by atoms with E-state index in [0.29, 0.717) is 38.4 Å². The molecule has 0 N–H and O–H groups in total. The molecular formula is C29H31N3O5S. The smallest absolute Gasteiger partial charge is 0.345 e. The van der Waals surface area contributed by atoms with Gasteiger partial charge in [0.15, 0.2) is 0 Å². The lowest BCUT2D eigenvalue weighted by Crippen LogP contribution is -2.50. The molecule has 3 aromatic rings. The molecule has 8 nitrogen and oxygen atoms in total. The number of methoxy groups -OCH3 is 1. The van der Waals surface area contributed by atoms with Gasteiger partial charge in [-0.05, 0) is 37.1 Å². The SMILES string of the molecule is CCOC(=O)c1c(N2CCN(C(=O)C3=CCCS3)CC2)c2ccccc2n(Cc2ccc(OC)cc2)c1=O. The highest BCUT2D eigenvalue weighted by Gasteiger charge is 2.31. The Morgan fingerprint density at radius 2 is 1.74 bits per heavy atom. The number of piperazine rings is 1. The minimum atomic E-state index is -0.632. The number of carbonyl (C=O) groups is 2. The number of allylic oxidation sites excluding steroid dienone is 1. The van der Waals surface area contributed by atoms with Crippen LogP contribution in [0, 0.1) is 0 Å². The summed E-state index contributed by atoms with van der Waals surface area (Å²) in [7, 11) is 1.61. The Morgan fingerprint density at radius 1 is 1.00 bits per heavy atom. The van der Waals surface area contributed by atoms with E-state index < -0.39 is 5.97 Å². The van der Waals surface area contributed by atoms with Gasteiger partial charge in [0.1, 0.15) is 11.3 Å². The maximum absolute atomic E-state index is 14.0. The molecule has 5 rings (SSSR count). The average Bonchev–Trinajstić information content (AvgIpc) is 3.49. The van der Waals surface area contributed by atoms with Gasteiger partial charge in [0, 0.05) is 37.3 Å². The second kappa shape index (κ2) is 11.3. The summed E-state index contributed by atoms with van der Waals surface area (Å²) in [5, 5.41) is 0.803. The molecule has 0 unspecified atom stereocenters. The van der Waals surface area contributed by atoms with Crippen molar-refractivity contribution in [2.24, 2.45) is 0 Å². The first-order valence-electron chi connectivity index (χ1n) is 12.8. The number of ether oxygens (including phenoxy) is 2. The molecule has 3 heterocycles. The van der Waals surface area contributed by atoms with Crippen molar-refractivity contribution in [2.75, 3.05) is 50.5 Å². The maximum atomic E-state index is 14.0. The lowest BCUT2D eigenvalue weighted by atomic mass is 10.0. The Morgan fingerprint density at radius 3 is 2.39 bits per heavy atom. The minimum Gasteiger partial charge on any atom is -0.497 e. The van der Waals surface area contributed by atoms with Crippen molar-refractivity contribution in [1.29, 1.82) is 0 Å². The average molecular weight is 534 g/mol. The molecule has 2 aliphatic heterocycles. The Bertz CT molecular complexity index is 1440. The molecule has 0 bridgehead atoms. The summed E-state index contributed by atoms with van der Waals surface area (Å²) >= 11 is 1.61. The number of para-hydroxylation sites is 1. The number of thioether (sulfide) groups is 1. The number of amides is 1. The zero-order valence-electron chi connectivity index (χ0n) is 21.6. The number of nitrogens with zero attached hydrogens (tertiary/aromatic N) is 3. The molecule has 2 aromatic carbocycles. The number of hydrogen-bond acceptors (Lipinski definition) is 7. The van der Waals surface area contributed by atoms with Crippen LogP contribution in [0.2, 0.25) is 0 Å². The quantitative estimate of drug-likeness (QED) is 0.426. The topological polar surface area (TPSA) is 81.1 Å². The van der Waals surface area contributed by atoms with E-state index in [1.54, 1.807) is 30.4 Å². The van der Waals surface area contributed by atoms with E-state index >= 15 is 0 Å². The van der Waals surface area contributed by atoms with E-state index in [0.717, 1.165) is 39.3 Å². The number of rotatable bonds is 7. The summed E-state index contributed by atoms with van der Waals surface area (Å²) in [6.45, 7) is 4.26. The molecule has 198 valence electrons. The summed E-state index contributed by atoms with van der Waals surface area (Å²) in [6.07, 6.45) is 2.93. The zero-order valence-corrected chi connectivity index (χ0v) is 22.5. The number of carbonyl (C=O) groups excluding carboxylic acids is 2. The van der Waals surface area contributed by atoms with Crippen molar-refractivity contribution < 1.29 is 19.1 Å². The van der Waals surface area contributed by atoms with Crippen LogP contribution in [0.1, 0.15) is 29.3 Å². The largest absolute Gasteiger partial charge is 0.497 e. The highest BCUT2D eigenvalue weighted by atomic mass is 32.2. The number of hydrogen-bond donors (Lipinski definition) is 0. The molecule has 0 spiro atoms. The summed E-state index contributed by atoms with van der Waals surface area (Å²) in [6, 6.07) is 15.2. The lowest BCUT2D eigenvalue weighted by Gasteiger charge is -2.37. The third-order valence-electron chi connectivity index (χ3n) is 6.92. The van der Waals surface area contributed by atoms with E-state index in [4.69, 9.17) is 9.47 Å². The lowest BCUT2D eigenvalue weighted by molar-refractivity contribution is -0.126. The van der Waals surface area contributed by atoms with Crippen LogP contribution >= 0.6 is 11.8 Å². The molecule has 9 heteroatoms. The van der Waals surface area contributed by atoms with Crippen LogP contribution in [-0.2, 0) is 16.1 Å². The second-order valence-corrected chi connectivity index (χ2v) is 10.3. The van der Waals surface area contributed by atoms with Crippen molar-refractivity contribution in [2.45, 2.75) is 19.9 Å². The molecule has 2 aliphatic rings. The monoisotopic (exact) mass is 533 g/mol. The van der Waals surface area contributed by atoms with Crippen molar-refractivity contribution in [1.82, 2.24) is 9.47 Å². The molecule has 1 fully saturated rings. The van der Waals surface area contributed by atoms with Gasteiger partial charge in [0.25, 0.3) is 11.5 Å². The molecule has 0 saturated carbocycles. The first kappa shape index (κ1) is 25.9. The van der Waals surface area contributed by atoms with Gasteiger partial charge in [-0.25, -0.2) is 4.79 Å². The number of esters is 1. The first-order valence-corrected chi connectivity index (χ1v) is 13.8. The van der Waals surface area contributed by atoms with E-state index in [2.05, 4.69) is 0 Å². The number of fused-ring (bicyclic) bond motifs is 1. The normalized spacial score (nSPS) is 15.5. The fourth-order valence-corrected chi connectivity index (χ4v) is 5.98. The highest BCUT2D eigenvalue weighted by molar-refractivity contribution is 8.04. The summed E-state index contributed by atoms with van der Waals surface area (Å²) in [4.78, 5) is 44.9. The van der Waals surface area contributed by atoms with Crippen molar-refractivity contribution in [3.05, 3.63) is 81.0 Å². The minimum absolute atomic E-state index is 0.0351. The molecule has 0 aliphatic carbocycles. The highest BCUT2D eigenvalue weighted by Crippen LogP contribution is 2.32. The standard InChI is InChI=1S/C29H31N3O5S/c1-3-37-29(35)25-26(30-14-16-31(17-15-30)27(33)24-9-6-18-38-24)22-7-4-5-8-23(22)32(28(25)34)19-20-10-12-21(36-2)13-11-20/h4-5,7-13H,3,6,14-19H2,1-2H3. The van der Waals surface area contributed by atoms with Crippen molar-refractivity contribution in [3.8, 4) is 5.75 Å². The number of pyridine rings is 1. The Kier molecular flexibility index (Phi) is 7.74. The predicted molar refractivity (Wildman–Crippen MR) is 150 cm³/mol. The van der Waals surface area contributed by atoms with E-state index in [9.17, 15) is 14.4 Å². The van der Waals surface area contributed by atoms with Gasteiger partial charge >= 0.3 is 5.97 Å². The Hall–Kier alpha value is -3.72. The van der Waals surface area contributed by atoms with Crippen LogP contribution in [0.3, 0.4) is 0 Å². The molecule has 38 heavy (non-hydrogen) atoms. The van der Waals surface area contributed by atoms with Crippen LogP contribution in [0.15, 0.2) is 64.3 Å². The Labute approximate surface area is 225 Å². The molecular weight excluding hydrogens is 502 g/mol. The summed E-state index contributed by atoms with van der Waals surface area (Å²) in [5.41, 5.74) is 1.87. The van der Waals surface area contributed by atoms with Crippen molar-refractivity contribution in [3.63, 3.8) is 0 Å². The molecule has 0 radical (unpaired) electrons. The van der Waals surface area contributed by atoms with Crippen LogP contribution in [0.25, 0.3) is 10.9 Å². The number of benzene rings is 2. The van der Waals surface area contributed by atoms with Gasteiger partial charge in [-0.2, -0.15) is 0 Å². The van der Waals surface area contributed by atoms with Crippen LogP contribution in [-0.4, -0.2) is 67.0 Å². The zero-order chi connectivity index (χ0) is 26.6. The fourth-order valence-electron chi connectivity index (χ4n) is 5.03. The van der Waals surface area contributed by atoms with Crippen molar-refractivity contribution >= 4 is 40.2 Å². The van der Waals surface area contributed by atoms with Gasteiger partial charge in [-0.1, -0.05) is 36.4 Å². The molecule has 1 saturated heterocycles. The summed E-state index contributed by atoms with van der Waals surface area (Å²) in [5.74, 6) is 1.11. The molecule has 1 amide bonds. The third kappa shape index (κ3) is 5.03. The maximum Gasteiger partial charge on any atom is 0.345 e. The molecule has 0 atom stereocenters. The molecule has 1 aromatic heterocycles. The first-order chi connectivity index (χ1) is 18.5. The van der Waals surface area contributed by atoms with Gasteiger partial charge in [-0.3, -0.25) is 9.59 Å². The van der Waals surface area contributed by atoms with Crippen LogP contribution in [0.4, 0.5) is 5.69 Å². The van der Waals surface area contributed by atoms with Gasteiger partial charge in [0.2, 0.25) is 0 Å². The van der Waals surface area contributed by atoms with Crippen LogP contribution < -0.4 is 15.2 Å². The van der Waals surface area contributed by atoms with E-state index in [-0.39, 0.29) is 23.6 Å². The van der Waals surface area contributed by atoms with Gasteiger partial charge in [0.05, 0.1) is 36.4 Å². The Balaban J connectivity index is 1.55. The van der Waals surface area contributed by atoms with Crippen LogP contribution in [0.5, 0.6) is 5.75 Å². The third-order valence-corrected chi connectivity index (χ3v) is 8.02. The summed E-state index contributed by atoms with van der Waals surface area (Å²) < 4.78 is 12.3. The number of anilines is 1. The van der Waals surface area contributed by atoms with E-state index in [1.807, 2.05) is 64.4 Å². The fraction of sp³-hybridized carbons (Fsp3) is 0.345. The van der Waals surface area contributed by atoms with E-state index in [1.165, 1.54) is 0 Å². The van der Waals surface area contributed by atoms with Gasteiger partial charge in [-0.15, -0.1) is 11.8 Å². The van der Waals surface area contributed by atoms with Gasteiger partial charge < -0.3 is 23.8 Å².